The van der Waals surface area contributed by atoms with Crippen LogP contribution >= 0.6 is 0 Å². The molecule has 1 aromatic heterocycles. The van der Waals surface area contributed by atoms with E-state index in [1.807, 2.05) is 24.9 Å². The molecule has 0 bridgehead atoms. The zero-order valence-corrected chi connectivity index (χ0v) is 15.6. The predicted octanol–water partition coefficient (Wildman–Crippen LogP) is 2.93. The molecular weight excluding hydrogens is 316 g/mol. The Morgan fingerprint density at radius 3 is 2.92 bits per heavy atom. The molecule has 5 heteroatoms. The van der Waals surface area contributed by atoms with Crippen molar-refractivity contribution in [1.82, 2.24) is 9.88 Å². The van der Waals surface area contributed by atoms with E-state index in [1.54, 1.807) is 7.11 Å². The number of fused-ring (bicyclic) bond motifs is 1. The van der Waals surface area contributed by atoms with Crippen LogP contribution in [0, 0.1) is 0 Å². The Morgan fingerprint density at radius 2 is 2.20 bits per heavy atom. The fraction of sp³-hybridized carbons (Fsp3) is 0.550. The van der Waals surface area contributed by atoms with E-state index >= 15 is 0 Å². The molecule has 0 radical (unpaired) electrons. The van der Waals surface area contributed by atoms with Gasteiger partial charge >= 0.3 is 0 Å². The van der Waals surface area contributed by atoms with Crippen LogP contribution in [0.3, 0.4) is 0 Å². The molecule has 5 nitrogen and oxygen atoms in total. The van der Waals surface area contributed by atoms with Crippen molar-refractivity contribution in [3.63, 3.8) is 0 Å². The van der Waals surface area contributed by atoms with E-state index in [0.29, 0.717) is 26.1 Å². The summed E-state index contributed by atoms with van der Waals surface area (Å²) >= 11 is 0. The summed E-state index contributed by atoms with van der Waals surface area (Å²) in [6.45, 7) is 7.88. The summed E-state index contributed by atoms with van der Waals surface area (Å²) in [4.78, 5) is 18.2. The number of carbonyl (C=O) groups excluding carboxylic acids is 1. The maximum atomic E-state index is 12.9. The number of nitrogens with one attached hydrogen (secondary N) is 1. The number of rotatable bonds is 5. The Kier molecular flexibility index (Phi) is 5.16. The van der Waals surface area contributed by atoms with Crippen LogP contribution in [0.2, 0.25) is 0 Å². The molecule has 25 heavy (non-hydrogen) atoms. The van der Waals surface area contributed by atoms with Crippen molar-refractivity contribution in [2.24, 2.45) is 0 Å². The molecule has 1 aromatic carbocycles. The number of para-hydroxylation sites is 1. The van der Waals surface area contributed by atoms with Gasteiger partial charge in [-0.25, -0.2) is 0 Å². The Hall–Kier alpha value is -1.85. The molecule has 1 saturated heterocycles. The quantitative estimate of drug-likeness (QED) is 0.907. The number of aromatic nitrogens is 1. The summed E-state index contributed by atoms with van der Waals surface area (Å²) in [6.07, 6.45) is 3.28. The van der Waals surface area contributed by atoms with Crippen molar-refractivity contribution in [2.75, 3.05) is 26.8 Å². The molecular formula is C20H28N2O3. The molecule has 2 aromatic rings. The molecule has 0 saturated carbocycles. The smallest absolute Gasteiger partial charge is 0.227 e. The molecule has 1 aliphatic heterocycles. The number of amides is 1. The zero-order valence-electron chi connectivity index (χ0n) is 15.6. The fourth-order valence-corrected chi connectivity index (χ4v) is 3.75. The second-order valence-electron chi connectivity index (χ2n) is 7.41. The number of benzene rings is 1. The number of aryl methyl sites for hydroxylation is 1. The molecule has 3 rings (SSSR count). The number of H-pyrrole nitrogens is 1. The largest absolute Gasteiger partial charge is 0.382 e. The van der Waals surface area contributed by atoms with Gasteiger partial charge in [0.2, 0.25) is 5.91 Å². The van der Waals surface area contributed by atoms with E-state index in [0.717, 1.165) is 22.9 Å². The van der Waals surface area contributed by atoms with Crippen LogP contribution in [0.5, 0.6) is 0 Å². The Bertz CT molecular complexity index is 750. The number of ether oxygens (including phenoxy) is 2. The molecule has 0 aliphatic carbocycles. The number of carbonyl (C=O) groups is 1. The summed E-state index contributed by atoms with van der Waals surface area (Å²) in [5.74, 6) is 0.139. The average Bonchev–Trinajstić information content (AvgIpc) is 2.96. The molecule has 1 aliphatic rings. The molecule has 2 heterocycles. The summed E-state index contributed by atoms with van der Waals surface area (Å²) in [6, 6.07) is 6.28. The number of hydrogen-bond acceptors (Lipinski definition) is 3. The van der Waals surface area contributed by atoms with Crippen LogP contribution < -0.4 is 0 Å². The standard InChI is InChI=1S/C20H28N2O3/c1-5-14-7-6-8-17-15(10-21-19(14)17)9-18(23)22-11-16(12-24-4)25-20(2,3)13-22/h6-8,10,16,21H,5,9,11-13H2,1-4H3. The number of methoxy groups -OCH3 is 1. The van der Waals surface area contributed by atoms with Crippen LogP contribution in [-0.4, -0.2) is 54.3 Å². The minimum atomic E-state index is -0.354. The lowest BCUT2D eigenvalue weighted by Crippen LogP contribution is -2.56. The van der Waals surface area contributed by atoms with Gasteiger partial charge in [-0.2, -0.15) is 0 Å². The van der Waals surface area contributed by atoms with Crippen LogP contribution in [0.4, 0.5) is 0 Å². The van der Waals surface area contributed by atoms with Gasteiger partial charge in [0.25, 0.3) is 0 Å². The summed E-state index contributed by atoms with van der Waals surface area (Å²) in [5.41, 5.74) is 3.13. The molecule has 1 N–H and O–H groups in total. The lowest BCUT2D eigenvalue weighted by molar-refractivity contribution is -0.168. The SMILES string of the molecule is CCc1cccc2c(CC(=O)N3CC(COC)OC(C)(C)C3)c[nH]c12. The van der Waals surface area contributed by atoms with Crippen LogP contribution in [0.15, 0.2) is 24.4 Å². The normalized spacial score (nSPS) is 20.2. The van der Waals surface area contributed by atoms with E-state index in [1.165, 1.54) is 5.56 Å². The van der Waals surface area contributed by atoms with Crippen molar-refractivity contribution >= 4 is 16.8 Å². The zero-order chi connectivity index (χ0) is 18.0. The van der Waals surface area contributed by atoms with Gasteiger partial charge in [-0.1, -0.05) is 25.1 Å². The lowest BCUT2D eigenvalue weighted by Gasteiger charge is -2.42. The minimum Gasteiger partial charge on any atom is -0.382 e. The number of aromatic amines is 1. The maximum absolute atomic E-state index is 12.9. The Morgan fingerprint density at radius 1 is 1.40 bits per heavy atom. The maximum Gasteiger partial charge on any atom is 0.227 e. The van der Waals surface area contributed by atoms with Crippen molar-refractivity contribution in [1.29, 1.82) is 0 Å². The van der Waals surface area contributed by atoms with Crippen molar-refractivity contribution in [3.8, 4) is 0 Å². The van der Waals surface area contributed by atoms with Crippen LogP contribution in [0.25, 0.3) is 10.9 Å². The molecule has 1 unspecified atom stereocenters. The van der Waals surface area contributed by atoms with E-state index in [4.69, 9.17) is 9.47 Å². The third-order valence-electron chi connectivity index (χ3n) is 4.80. The van der Waals surface area contributed by atoms with Gasteiger partial charge in [0.15, 0.2) is 0 Å². The van der Waals surface area contributed by atoms with Gasteiger partial charge in [-0.15, -0.1) is 0 Å². The van der Waals surface area contributed by atoms with Gasteiger partial charge in [0.1, 0.15) is 0 Å². The van der Waals surface area contributed by atoms with E-state index < -0.39 is 0 Å². The highest BCUT2D eigenvalue weighted by Gasteiger charge is 2.35. The summed E-state index contributed by atoms with van der Waals surface area (Å²) in [7, 11) is 1.66. The predicted molar refractivity (Wildman–Crippen MR) is 98.8 cm³/mol. The topological polar surface area (TPSA) is 54.6 Å². The van der Waals surface area contributed by atoms with Gasteiger partial charge < -0.3 is 19.4 Å². The van der Waals surface area contributed by atoms with Crippen molar-refractivity contribution in [2.45, 2.75) is 45.3 Å². The molecule has 136 valence electrons. The summed E-state index contributed by atoms with van der Waals surface area (Å²) < 4.78 is 11.2. The third-order valence-corrected chi connectivity index (χ3v) is 4.80. The summed E-state index contributed by atoms with van der Waals surface area (Å²) in [5, 5.41) is 1.15. The number of morpholine rings is 1. The first-order chi connectivity index (χ1) is 11.9. The Balaban J connectivity index is 1.78. The second kappa shape index (κ2) is 7.18. The van der Waals surface area contributed by atoms with Crippen molar-refractivity contribution < 1.29 is 14.3 Å². The monoisotopic (exact) mass is 344 g/mol. The lowest BCUT2D eigenvalue weighted by atomic mass is 10.0. The molecule has 1 fully saturated rings. The third kappa shape index (κ3) is 3.88. The van der Waals surface area contributed by atoms with Crippen molar-refractivity contribution in [3.05, 3.63) is 35.5 Å². The Labute approximate surface area is 149 Å². The van der Waals surface area contributed by atoms with Crippen LogP contribution in [0.1, 0.15) is 31.9 Å². The van der Waals surface area contributed by atoms with E-state index in [9.17, 15) is 4.79 Å². The highest BCUT2D eigenvalue weighted by molar-refractivity contribution is 5.90. The molecule has 0 spiro atoms. The molecule has 1 amide bonds. The van der Waals surface area contributed by atoms with Gasteiger partial charge in [-0.05, 0) is 31.4 Å². The van der Waals surface area contributed by atoms with Crippen LogP contribution in [-0.2, 0) is 27.1 Å². The highest BCUT2D eigenvalue weighted by atomic mass is 16.5. The van der Waals surface area contributed by atoms with E-state index in [-0.39, 0.29) is 17.6 Å². The van der Waals surface area contributed by atoms with E-state index in [2.05, 4.69) is 30.1 Å². The first kappa shape index (κ1) is 18.0. The highest BCUT2D eigenvalue weighted by Crippen LogP contribution is 2.25. The molecule has 1 atom stereocenters. The van der Waals surface area contributed by atoms with Gasteiger partial charge in [-0.3, -0.25) is 4.79 Å². The fourth-order valence-electron chi connectivity index (χ4n) is 3.75. The second-order valence-corrected chi connectivity index (χ2v) is 7.41. The average molecular weight is 344 g/mol. The number of hydrogen-bond donors (Lipinski definition) is 1. The van der Waals surface area contributed by atoms with Gasteiger partial charge in [0.05, 0.1) is 24.7 Å². The van der Waals surface area contributed by atoms with Gasteiger partial charge in [0, 0.05) is 37.3 Å². The first-order valence-electron chi connectivity index (χ1n) is 8.96. The number of nitrogens with zero attached hydrogens (tertiary/aromatic N) is 1. The minimum absolute atomic E-state index is 0.0765. The first-order valence-corrected chi connectivity index (χ1v) is 8.96.